The minimum absolute atomic E-state index is 0.286. The molecule has 0 saturated carbocycles. The highest BCUT2D eigenvalue weighted by molar-refractivity contribution is 5.67. The molecule has 0 N–H and O–H groups in total. The van der Waals surface area contributed by atoms with Gasteiger partial charge in [0.05, 0.1) is 0 Å². The van der Waals surface area contributed by atoms with Crippen molar-refractivity contribution in [1.29, 1.82) is 0 Å². The van der Waals surface area contributed by atoms with Crippen LogP contribution in [0.2, 0.25) is 0 Å². The topological polar surface area (TPSA) is 17.1 Å². The van der Waals surface area contributed by atoms with Crippen molar-refractivity contribution < 1.29 is 4.79 Å². The summed E-state index contributed by atoms with van der Waals surface area (Å²) in [5, 5.41) is 0. The molecule has 0 amide bonds. The molecule has 0 spiro atoms. The Kier molecular flexibility index (Phi) is 6.80. The summed E-state index contributed by atoms with van der Waals surface area (Å²) < 4.78 is 0. The summed E-state index contributed by atoms with van der Waals surface area (Å²) in [5.41, 5.74) is 6.65. The van der Waals surface area contributed by atoms with Crippen LogP contribution in [0.5, 0.6) is 0 Å². The van der Waals surface area contributed by atoms with E-state index in [0.29, 0.717) is 0 Å². The maximum atomic E-state index is 10.5. The van der Waals surface area contributed by atoms with Gasteiger partial charge in [0.2, 0.25) is 0 Å². The van der Waals surface area contributed by atoms with Crippen LogP contribution < -0.4 is 0 Å². The van der Waals surface area contributed by atoms with E-state index in [1.54, 1.807) is 6.08 Å². The molecular formula is C21H30O. The van der Waals surface area contributed by atoms with Gasteiger partial charge < -0.3 is 0 Å². The zero-order chi connectivity index (χ0) is 16.8. The molecule has 22 heavy (non-hydrogen) atoms. The average molecular weight is 298 g/mol. The molecule has 120 valence electrons. The monoisotopic (exact) mass is 298 g/mol. The van der Waals surface area contributed by atoms with Crippen LogP contribution in [0.3, 0.4) is 0 Å². The largest absolute Gasteiger partial charge is 0.299 e. The molecule has 0 heterocycles. The first-order chi connectivity index (χ1) is 10.3. The van der Waals surface area contributed by atoms with Crippen LogP contribution in [0.25, 0.3) is 0 Å². The van der Waals surface area contributed by atoms with Crippen molar-refractivity contribution in [3.63, 3.8) is 0 Å². The van der Waals surface area contributed by atoms with Crippen molar-refractivity contribution in [2.75, 3.05) is 0 Å². The van der Waals surface area contributed by atoms with Gasteiger partial charge >= 0.3 is 0 Å². The van der Waals surface area contributed by atoms with Crippen LogP contribution >= 0.6 is 0 Å². The first-order valence-corrected chi connectivity index (χ1v) is 8.14. The zero-order valence-electron chi connectivity index (χ0n) is 15.0. The third-order valence-electron chi connectivity index (χ3n) is 4.59. The van der Waals surface area contributed by atoms with Gasteiger partial charge in [0.1, 0.15) is 6.29 Å². The van der Waals surface area contributed by atoms with Crippen molar-refractivity contribution in [1.82, 2.24) is 0 Å². The molecule has 0 aliphatic heterocycles. The van der Waals surface area contributed by atoms with E-state index in [0.717, 1.165) is 17.4 Å². The van der Waals surface area contributed by atoms with E-state index < -0.39 is 0 Å². The zero-order valence-corrected chi connectivity index (χ0v) is 15.0. The maximum absolute atomic E-state index is 10.5. The molecule has 0 aromatic rings. The number of carbonyl (C=O) groups is 1. The lowest BCUT2D eigenvalue weighted by molar-refractivity contribution is -0.104. The molecule has 1 heteroatoms. The first kappa shape index (κ1) is 18.4. The molecule has 1 nitrogen and oxygen atoms in total. The highest BCUT2D eigenvalue weighted by atomic mass is 16.1. The summed E-state index contributed by atoms with van der Waals surface area (Å²) >= 11 is 0. The molecule has 1 aliphatic carbocycles. The number of hydrogen-bond acceptors (Lipinski definition) is 1. The quantitative estimate of drug-likeness (QED) is 0.340. The van der Waals surface area contributed by atoms with Crippen LogP contribution in [-0.2, 0) is 4.79 Å². The highest BCUT2D eigenvalue weighted by Crippen LogP contribution is 2.40. The van der Waals surface area contributed by atoms with Gasteiger partial charge in [-0.2, -0.15) is 0 Å². The number of rotatable bonds is 5. The molecule has 0 bridgehead atoms. The Hall–Kier alpha value is -1.63. The predicted octanol–water partition coefficient (Wildman–Crippen LogP) is 6.11. The van der Waals surface area contributed by atoms with Gasteiger partial charge in [-0.1, -0.05) is 49.3 Å². The number of allylic oxidation sites excluding steroid dienone is 10. The van der Waals surface area contributed by atoms with Gasteiger partial charge in [0, 0.05) is 0 Å². The van der Waals surface area contributed by atoms with Crippen LogP contribution in [0.4, 0.5) is 0 Å². The number of carbonyl (C=O) groups excluding carboxylic acids is 1. The second kappa shape index (κ2) is 8.12. The van der Waals surface area contributed by atoms with Gasteiger partial charge in [0.25, 0.3) is 0 Å². The normalized spacial score (nSPS) is 20.7. The Morgan fingerprint density at radius 1 is 1.05 bits per heavy atom. The molecule has 0 radical (unpaired) electrons. The predicted molar refractivity (Wildman–Crippen MR) is 96.8 cm³/mol. The summed E-state index contributed by atoms with van der Waals surface area (Å²) in [5.74, 6) is 0. The first-order valence-electron chi connectivity index (χ1n) is 8.14. The lowest BCUT2D eigenvalue weighted by atomic mass is 9.72. The van der Waals surface area contributed by atoms with Crippen LogP contribution in [-0.4, -0.2) is 6.29 Å². The lowest BCUT2D eigenvalue weighted by Gasteiger charge is -2.32. The molecule has 0 atom stereocenters. The fourth-order valence-electron chi connectivity index (χ4n) is 2.90. The third kappa shape index (κ3) is 5.29. The second-order valence-electron chi connectivity index (χ2n) is 7.01. The minimum atomic E-state index is 0.286. The van der Waals surface area contributed by atoms with Crippen molar-refractivity contribution >= 4 is 6.29 Å². The molecule has 0 aromatic heterocycles. The van der Waals surface area contributed by atoms with E-state index in [-0.39, 0.29) is 5.41 Å². The van der Waals surface area contributed by atoms with E-state index in [1.165, 1.54) is 36.0 Å². The van der Waals surface area contributed by atoms with Gasteiger partial charge in [-0.05, 0) is 75.2 Å². The average Bonchev–Trinajstić information content (AvgIpc) is 2.43. The highest BCUT2D eigenvalue weighted by Gasteiger charge is 2.26. The SMILES string of the molecule is CC(=CC=O)C(C)=C/C=C(/C)C=CC1=C(C)CCCC1(C)C. The molecule has 0 unspecified atom stereocenters. The minimum Gasteiger partial charge on any atom is -0.299 e. The summed E-state index contributed by atoms with van der Waals surface area (Å²) in [6.45, 7) is 13.0. The van der Waals surface area contributed by atoms with E-state index in [2.05, 4.69) is 52.0 Å². The molecule has 0 aromatic carbocycles. The van der Waals surface area contributed by atoms with Crippen molar-refractivity contribution in [3.8, 4) is 0 Å². The third-order valence-corrected chi connectivity index (χ3v) is 4.59. The number of aldehydes is 1. The molecule has 0 fully saturated rings. The smallest absolute Gasteiger partial charge is 0.143 e. The summed E-state index contributed by atoms with van der Waals surface area (Å²) in [4.78, 5) is 10.5. The van der Waals surface area contributed by atoms with Crippen molar-refractivity contribution in [2.24, 2.45) is 5.41 Å². The van der Waals surface area contributed by atoms with Crippen molar-refractivity contribution in [2.45, 2.75) is 60.8 Å². The number of hydrogen-bond donors (Lipinski definition) is 0. The van der Waals surface area contributed by atoms with Gasteiger partial charge in [-0.15, -0.1) is 0 Å². The summed E-state index contributed by atoms with van der Waals surface area (Å²) in [6.07, 6.45) is 14.9. The summed E-state index contributed by atoms with van der Waals surface area (Å²) in [6, 6.07) is 0. The van der Waals surface area contributed by atoms with Gasteiger partial charge in [0.15, 0.2) is 0 Å². The van der Waals surface area contributed by atoms with E-state index in [9.17, 15) is 4.79 Å². The fraction of sp³-hybridized carbons (Fsp3) is 0.476. The summed E-state index contributed by atoms with van der Waals surface area (Å²) in [7, 11) is 0. The molecular weight excluding hydrogens is 268 g/mol. The lowest BCUT2D eigenvalue weighted by Crippen LogP contribution is -2.19. The molecule has 0 saturated heterocycles. The standard InChI is InChI=1S/C21H30O/c1-16(9-11-17(2)18(3)13-15-22)10-12-20-19(4)8-7-14-21(20,5)6/h9-13,15H,7-8,14H2,1-6H3/b12-10?,16-9-,17-11?,18-13?. The molecule has 1 rings (SSSR count). The Labute approximate surface area is 136 Å². The van der Waals surface area contributed by atoms with Crippen LogP contribution in [0.1, 0.15) is 60.8 Å². The Morgan fingerprint density at radius 3 is 2.27 bits per heavy atom. The van der Waals surface area contributed by atoms with Gasteiger partial charge in [-0.25, -0.2) is 0 Å². The Balaban J connectivity index is 2.90. The van der Waals surface area contributed by atoms with Crippen LogP contribution in [0.15, 0.2) is 58.2 Å². The Bertz CT molecular complexity index is 563. The molecule has 1 aliphatic rings. The van der Waals surface area contributed by atoms with E-state index in [1.807, 2.05) is 13.8 Å². The van der Waals surface area contributed by atoms with E-state index >= 15 is 0 Å². The van der Waals surface area contributed by atoms with E-state index in [4.69, 9.17) is 0 Å². The fourth-order valence-corrected chi connectivity index (χ4v) is 2.90. The van der Waals surface area contributed by atoms with Crippen molar-refractivity contribution in [3.05, 3.63) is 58.2 Å². The van der Waals surface area contributed by atoms with Gasteiger partial charge in [-0.3, -0.25) is 4.79 Å². The Morgan fingerprint density at radius 2 is 1.68 bits per heavy atom. The second-order valence-corrected chi connectivity index (χ2v) is 7.01. The maximum Gasteiger partial charge on any atom is 0.143 e. The van der Waals surface area contributed by atoms with Crippen LogP contribution in [0, 0.1) is 5.41 Å².